The standard InChI is InChI=1S/C12H16N6O3/c1-7(10-13-6-14-18(10)4)15-11(20)8-5-9(19)17(3)12(21)16(8)2/h5-7H,1-4H3,(H,15,20). The van der Waals surface area contributed by atoms with E-state index < -0.39 is 23.2 Å². The largest absolute Gasteiger partial charge is 0.341 e. The van der Waals surface area contributed by atoms with Crippen molar-refractivity contribution in [3.05, 3.63) is 44.8 Å². The van der Waals surface area contributed by atoms with E-state index in [9.17, 15) is 14.4 Å². The number of hydrogen-bond donors (Lipinski definition) is 1. The van der Waals surface area contributed by atoms with Crippen LogP contribution in [0.4, 0.5) is 0 Å². The van der Waals surface area contributed by atoms with Crippen molar-refractivity contribution in [3.8, 4) is 0 Å². The average molecular weight is 292 g/mol. The van der Waals surface area contributed by atoms with Gasteiger partial charge in [0.2, 0.25) is 0 Å². The van der Waals surface area contributed by atoms with Gasteiger partial charge in [0, 0.05) is 27.2 Å². The molecule has 0 aliphatic rings. The SMILES string of the molecule is CC(NC(=O)c1cc(=O)n(C)c(=O)n1C)c1ncnn1C. The summed E-state index contributed by atoms with van der Waals surface area (Å²) < 4.78 is 3.59. The molecule has 2 aromatic heterocycles. The smallest absolute Gasteiger partial charge is 0.331 e. The van der Waals surface area contributed by atoms with Crippen LogP contribution in [0.15, 0.2) is 22.0 Å². The maximum Gasteiger partial charge on any atom is 0.331 e. The molecule has 0 aromatic carbocycles. The lowest BCUT2D eigenvalue weighted by molar-refractivity contribution is 0.0927. The van der Waals surface area contributed by atoms with Crippen LogP contribution in [0.25, 0.3) is 0 Å². The second-order valence-corrected chi connectivity index (χ2v) is 4.71. The van der Waals surface area contributed by atoms with E-state index >= 15 is 0 Å². The van der Waals surface area contributed by atoms with Gasteiger partial charge in [-0.2, -0.15) is 5.10 Å². The van der Waals surface area contributed by atoms with Gasteiger partial charge in [0.05, 0.1) is 6.04 Å². The molecular weight excluding hydrogens is 276 g/mol. The van der Waals surface area contributed by atoms with E-state index in [1.807, 2.05) is 0 Å². The van der Waals surface area contributed by atoms with Gasteiger partial charge in [-0.1, -0.05) is 0 Å². The Bertz CT molecular complexity index is 800. The molecule has 1 amide bonds. The number of aromatic nitrogens is 5. The second kappa shape index (κ2) is 5.35. The summed E-state index contributed by atoms with van der Waals surface area (Å²) in [5.74, 6) is 0.0417. The van der Waals surface area contributed by atoms with E-state index in [0.717, 1.165) is 15.2 Å². The van der Waals surface area contributed by atoms with E-state index in [-0.39, 0.29) is 5.69 Å². The molecule has 21 heavy (non-hydrogen) atoms. The second-order valence-electron chi connectivity index (χ2n) is 4.71. The first-order valence-electron chi connectivity index (χ1n) is 6.24. The Morgan fingerprint density at radius 1 is 1.24 bits per heavy atom. The van der Waals surface area contributed by atoms with Crippen LogP contribution in [0, 0.1) is 0 Å². The summed E-state index contributed by atoms with van der Waals surface area (Å²) in [6.07, 6.45) is 1.38. The number of nitrogens with one attached hydrogen (secondary N) is 1. The van der Waals surface area contributed by atoms with Gasteiger partial charge in [-0.3, -0.25) is 23.4 Å². The lowest BCUT2D eigenvalue weighted by atomic mass is 10.3. The van der Waals surface area contributed by atoms with E-state index in [1.54, 1.807) is 14.0 Å². The number of aryl methyl sites for hydroxylation is 1. The maximum absolute atomic E-state index is 12.2. The van der Waals surface area contributed by atoms with Crippen molar-refractivity contribution in [1.29, 1.82) is 0 Å². The van der Waals surface area contributed by atoms with Gasteiger partial charge in [-0.25, -0.2) is 9.78 Å². The summed E-state index contributed by atoms with van der Waals surface area (Å²) >= 11 is 0. The van der Waals surface area contributed by atoms with E-state index in [4.69, 9.17) is 0 Å². The first-order valence-corrected chi connectivity index (χ1v) is 6.24. The molecule has 112 valence electrons. The van der Waals surface area contributed by atoms with Crippen LogP contribution in [0.2, 0.25) is 0 Å². The van der Waals surface area contributed by atoms with Gasteiger partial charge in [0.15, 0.2) is 0 Å². The van der Waals surface area contributed by atoms with Crippen molar-refractivity contribution < 1.29 is 4.79 Å². The van der Waals surface area contributed by atoms with Crippen LogP contribution >= 0.6 is 0 Å². The fraction of sp³-hybridized carbons (Fsp3) is 0.417. The molecule has 0 saturated carbocycles. The predicted octanol–water partition coefficient (Wildman–Crippen LogP) is -1.30. The van der Waals surface area contributed by atoms with Gasteiger partial charge < -0.3 is 5.32 Å². The third-order valence-corrected chi connectivity index (χ3v) is 3.24. The molecule has 0 spiro atoms. The Morgan fingerprint density at radius 2 is 1.90 bits per heavy atom. The van der Waals surface area contributed by atoms with Crippen LogP contribution in [0.3, 0.4) is 0 Å². The molecule has 2 heterocycles. The molecule has 1 atom stereocenters. The minimum atomic E-state index is -0.557. The summed E-state index contributed by atoms with van der Waals surface area (Å²) in [6, 6.07) is 0.712. The zero-order valence-corrected chi connectivity index (χ0v) is 12.2. The van der Waals surface area contributed by atoms with Gasteiger partial charge >= 0.3 is 5.69 Å². The van der Waals surface area contributed by atoms with Crippen molar-refractivity contribution >= 4 is 5.91 Å². The lowest BCUT2D eigenvalue weighted by Gasteiger charge is -2.14. The molecule has 2 rings (SSSR count). The summed E-state index contributed by atoms with van der Waals surface area (Å²) in [5.41, 5.74) is -1.09. The normalized spacial score (nSPS) is 12.2. The van der Waals surface area contributed by atoms with Gasteiger partial charge in [-0.05, 0) is 6.92 Å². The van der Waals surface area contributed by atoms with Crippen LogP contribution < -0.4 is 16.6 Å². The van der Waals surface area contributed by atoms with E-state index in [1.165, 1.54) is 25.1 Å². The molecule has 0 aliphatic heterocycles. The summed E-state index contributed by atoms with van der Waals surface area (Å²) in [7, 11) is 4.50. The first-order chi connectivity index (χ1) is 9.82. The molecule has 0 fully saturated rings. The molecule has 0 bridgehead atoms. The molecular formula is C12H16N6O3. The molecule has 0 saturated heterocycles. The first kappa shape index (κ1) is 14.7. The van der Waals surface area contributed by atoms with E-state index in [2.05, 4.69) is 15.4 Å². The number of carbonyl (C=O) groups excluding carboxylic acids is 1. The number of hydrogen-bond acceptors (Lipinski definition) is 5. The molecule has 1 N–H and O–H groups in total. The fourth-order valence-corrected chi connectivity index (χ4v) is 1.98. The van der Waals surface area contributed by atoms with Gasteiger partial charge in [0.25, 0.3) is 11.5 Å². The molecule has 9 heteroatoms. The highest BCUT2D eigenvalue weighted by Crippen LogP contribution is 2.07. The van der Waals surface area contributed by atoms with Crippen molar-refractivity contribution in [2.45, 2.75) is 13.0 Å². The van der Waals surface area contributed by atoms with Crippen molar-refractivity contribution in [2.24, 2.45) is 21.1 Å². The highest BCUT2D eigenvalue weighted by molar-refractivity contribution is 5.92. The van der Waals surface area contributed by atoms with Crippen LogP contribution in [0.1, 0.15) is 29.3 Å². The maximum atomic E-state index is 12.2. The van der Waals surface area contributed by atoms with Crippen molar-refractivity contribution in [1.82, 2.24) is 29.2 Å². The lowest BCUT2D eigenvalue weighted by Crippen LogP contribution is -2.41. The predicted molar refractivity (Wildman–Crippen MR) is 73.8 cm³/mol. The van der Waals surface area contributed by atoms with Crippen LogP contribution in [-0.4, -0.2) is 29.8 Å². The Hall–Kier alpha value is -2.71. The molecule has 2 aromatic rings. The minimum absolute atomic E-state index is 0.00267. The molecule has 9 nitrogen and oxygen atoms in total. The number of amides is 1. The summed E-state index contributed by atoms with van der Waals surface area (Å²) in [6.45, 7) is 1.74. The number of carbonyl (C=O) groups is 1. The van der Waals surface area contributed by atoms with Gasteiger partial charge in [-0.15, -0.1) is 0 Å². The summed E-state index contributed by atoms with van der Waals surface area (Å²) in [4.78, 5) is 39.7. The Balaban J connectivity index is 2.32. The van der Waals surface area contributed by atoms with Crippen molar-refractivity contribution in [3.63, 3.8) is 0 Å². The zero-order chi connectivity index (χ0) is 15.7. The third kappa shape index (κ3) is 2.62. The fourth-order valence-electron chi connectivity index (χ4n) is 1.98. The van der Waals surface area contributed by atoms with Crippen LogP contribution in [-0.2, 0) is 21.1 Å². The Kier molecular flexibility index (Phi) is 3.74. The number of rotatable bonds is 3. The highest BCUT2D eigenvalue weighted by Gasteiger charge is 2.18. The van der Waals surface area contributed by atoms with E-state index in [0.29, 0.717) is 5.82 Å². The monoisotopic (exact) mass is 292 g/mol. The minimum Gasteiger partial charge on any atom is -0.341 e. The topological polar surface area (TPSA) is 104 Å². The Labute approximate surface area is 119 Å². The van der Waals surface area contributed by atoms with Crippen molar-refractivity contribution in [2.75, 3.05) is 0 Å². The van der Waals surface area contributed by atoms with Crippen LogP contribution in [0.5, 0.6) is 0 Å². The molecule has 1 unspecified atom stereocenters. The average Bonchev–Trinajstić information content (AvgIpc) is 2.86. The third-order valence-electron chi connectivity index (χ3n) is 3.24. The molecule has 0 aliphatic carbocycles. The number of nitrogens with zero attached hydrogens (tertiary/aromatic N) is 5. The van der Waals surface area contributed by atoms with Gasteiger partial charge in [0.1, 0.15) is 17.8 Å². The Morgan fingerprint density at radius 3 is 2.48 bits per heavy atom. The zero-order valence-electron chi connectivity index (χ0n) is 12.2. The highest BCUT2D eigenvalue weighted by atomic mass is 16.2. The summed E-state index contributed by atoms with van der Waals surface area (Å²) in [5, 5.41) is 6.60. The quantitative estimate of drug-likeness (QED) is 0.757. The molecule has 0 radical (unpaired) electrons.